The Morgan fingerprint density at radius 2 is 2.27 bits per heavy atom. The monoisotopic (exact) mass is 275 g/mol. The highest BCUT2D eigenvalue weighted by Crippen LogP contribution is 2.24. The first-order valence-electron chi connectivity index (χ1n) is 4.44. The van der Waals surface area contributed by atoms with Crippen molar-refractivity contribution in [3.05, 3.63) is 28.2 Å². The molecule has 0 unspecified atom stereocenters. The summed E-state index contributed by atoms with van der Waals surface area (Å²) in [5.41, 5.74) is 6.42. The second kappa shape index (κ2) is 5.70. The lowest BCUT2D eigenvalue weighted by molar-refractivity contribution is 0.0493. The van der Waals surface area contributed by atoms with Gasteiger partial charge in [-0.1, -0.05) is 6.07 Å². The van der Waals surface area contributed by atoms with Crippen LogP contribution in [0.25, 0.3) is 0 Å². The first kappa shape index (κ1) is 12.0. The average molecular weight is 276 g/mol. The Hall–Kier alpha value is -1.10. The van der Waals surface area contributed by atoms with Gasteiger partial charge in [-0.2, -0.15) is 0 Å². The lowest BCUT2D eigenvalue weighted by Gasteiger charge is -2.06. The van der Waals surface area contributed by atoms with Gasteiger partial charge in [0.05, 0.1) is 23.3 Å². The predicted octanol–water partition coefficient (Wildman–Crippen LogP) is 2.55. The zero-order chi connectivity index (χ0) is 11.3. The third-order valence-electron chi connectivity index (χ3n) is 1.76. The normalized spacial score (nSPS) is 10.0. The molecule has 82 valence electrons. The zero-order valence-electron chi connectivity index (χ0n) is 8.00. The molecule has 0 aromatic heterocycles. The zero-order valence-corrected chi connectivity index (χ0v) is 9.59. The van der Waals surface area contributed by atoms with Crippen molar-refractivity contribution in [2.45, 2.75) is 6.42 Å². The number of carbonyl (C=O) groups excluding carboxylic acids is 1. The van der Waals surface area contributed by atoms with Crippen LogP contribution in [0.3, 0.4) is 0 Å². The van der Waals surface area contributed by atoms with E-state index in [4.69, 9.17) is 10.5 Å². The molecule has 1 rings (SSSR count). The standard InChI is InChI=1S/C10H11BrFNO2/c11-9-7(3-1-4-8(9)13)10(14)15-6-2-5-12/h1,3-4H,2,5-6,13H2. The average Bonchev–Trinajstić information content (AvgIpc) is 2.22. The van der Waals surface area contributed by atoms with Crippen LogP contribution in [0.2, 0.25) is 0 Å². The van der Waals surface area contributed by atoms with Crippen molar-refractivity contribution in [2.75, 3.05) is 19.0 Å². The third kappa shape index (κ3) is 3.20. The summed E-state index contributed by atoms with van der Waals surface area (Å²) in [6, 6.07) is 4.92. The number of alkyl halides is 1. The van der Waals surface area contributed by atoms with Crippen molar-refractivity contribution in [1.29, 1.82) is 0 Å². The minimum atomic E-state index is -0.498. The molecular weight excluding hydrogens is 265 g/mol. The second-order valence-electron chi connectivity index (χ2n) is 2.89. The Labute approximate surface area is 95.5 Å². The van der Waals surface area contributed by atoms with E-state index in [9.17, 15) is 9.18 Å². The fraction of sp³-hybridized carbons (Fsp3) is 0.300. The van der Waals surface area contributed by atoms with Crippen LogP contribution in [0.4, 0.5) is 10.1 Å². The molecule has 0 amide bonds. The molecule has 0 spiro atoms. The maximum atomic E-state index is 11.8. The molecule has 1 aromatic rings. The molecule has 3 nitrogen and oxygen atoms in total. The maximum absolute atomic E-state index is 11.8. The van der Waals surface area contributed by atoms with Crippen molar-refractivity contribution in [2.24, 2.45) is 0 Å². The number of halogens is 2. The van der Waals surface area contributed by atoms with Gasteiger partial charge in [-0.3, -0.25) is 4.39 Å². The number of nitrogens with two attached hydrogens (primary N) is 1. The predicted molar refractivity (Wildman–Crippen MR) is 59.4 cm³/mol. The number of hydrogen-bond donors (Lipinski definition) is 1. The minimum Gasteiger partial charge on any atom is -0.462 e. The molecule has 0 aliphatic rings. The first-order chi connectivity index (χ1) is 7.16. The van der Waals surface area contributed by atoms with Crippen LogP contribution < -0.4 is 5.73 Å². The van der Waals surface area contributed by atoms with Crippen LogP contribution in [0.5, 0.6) is 0 Å². The summed E-state index contributed by atoms with van der Waals surface area (Å²) in [5, 5.41) is 0. The lowest BCUT2D eigenvalue weighted by Crippen LogP contribution is -2.08. The number of carbonyl (C=O) groups is 1. The van der Waals surface area contributed by atoms with E-state index in [1.807, 2.05) is 0 Å². The maximum Gasteiger partial charge on any atom is 0.339 e. The molecule has 0 fully saturated rings. The van der Waals surface area contributed by atoms with Crippen molar-refractivity contribution in [3.63, 3.8) is 0 Å². The van der Waals surface area contributed by atoms with Crippen molar-refractivity contribution in [3.8, 4) is 0 Å². The smallest absolute Gasteiger partial charge is 0.339 e. The van der Waals surface area contributed by atoms with Crippen molar-refractivity contribution in [1.82, 2.24) is 0 Å². The Balaban J connectivity index is 2.69. The molecule has 0 aliphatic carbocycles. The van der Waals surface area contributed by atoms with Gasteiger partial charge in [0.1, 0.15) is 0 Å². The van der Waals surface area contributed by atoms with Gasteiger partial charge in [0.25, 0.3) is 0 Å². The van der Waals surface area contributed by atoms with Gasteiger partial charge < -0.3 is 10.5 Å². The number of ether oxygens (including phenoxy) is 1. The Morgan fingerprint density at radius 3 is 2.93 bits per heavy atom. The van der Waals surface area contributed by atoms with Gasteiger partial charge in [0.2, 0.25) is 0 Å². The van der Waals surface area contributed by atoms with Gasteiger partial charge in [-0.25, -0.2) is 4.79 Å². The Bertz CT molecular complexity index is 357. The number of anilines is 1. The molecular formula is C10H11BrFNO2. The topological polar surface area (TPSA) is 52.3 Å². The summed E-state index contributed by atoms with van der Waals surface area (Å²) in [6.07, 6.45) is 0.214. The lowest BCUT2D eigenvalue weighted by atomic mass is 10.2. The summed E-state index contributed by atoms with van der Waals surface area (Å²) in [7, 11) is 0. The van der Waals surface area contributed by atoms with Gasteiger partial charge >= 0.3 is 5.97 Å². The first-order valence-corrected chi connectivity index (χ1v) is 5.23. The quantitative estimate of drug-likeness (QED) is 0.522. The molecule has 0 aliphatic heterocycles. The number of esters is 1. The highest BCUT2D eigenvalue weighted by Gasteiger charge is 2.12. The fourth-order valence-corrected chi connectivity index (χ4v) is 1.43. The molecule has 2 N–H and O–H groups in total. The molecule has 0 heterocycles. The third-order valence-corrected chi connectivity index (χ3v) is 2.64. The van der Waals surface area contributed by atoms with Gasteiger partial charge in [0.15, 0.2) is 0 Å². The number of rotatable bonds is 4. The van der Waals surface area contributed by atoms with E-state index in [2.05, 4.69) is 15.9 Å². The summed E-state index contributed by atoms with van der Waals surface area (Å²) in [5.74, 6) is -0.498. The number of benzene rings is 1. The molecule has 0 radical (unpaired) electrons. The van der Waals surface area contributed by atoms with Crippen LogP contribution in [0.1, 0.15) is 16.8 Å². The number of hydrogen-bond acceptors (Lipinski definition) is 3. The molecule has 0 bridgehead atoms. The number of nitrogen functional groups attached to an aromatic ring is 1. The summed E-state index contributed by atoms with van der Waals surface area (Å²) < 4.78 is 17.1. The highest BCUT2D eigenvalue weighted by molar-refractivity contribution is 9.10. The van der Waals surface area contributed by atoms with Gasteiger partial charge in [-0.15, -0.1) is 0 Å². The van der Waals surface area contributed by atoms with E-state index in [1.165, 1.54) is 0 Å². The van der Waals surface area contributed by atoms with Crippen molar-refractivity contribution < 1.29 is 13.9 Å². The summed E-state index contributed by atoms with van der Waals surface area (Å²) >= 11 is 3.19. The molecule has 0 saturated heterocycles. The molecule has 1 aromatic carbocycles. The van der Waals surface area contributed by atoms with Gasteiger partial charge in [-0.05, 0) is 28.1 Å². The summed E-state index contributed by atoms with van der Waals surface area (Å²) in [6.45, 7) is -0.415. The summed E-state index contributed by atoms with van der Waals surface area (Å²) in [4.78, 5) is 11.5. The van der Waals surface area contributed by atoms with Crippen LogP contribution in [0, 0.1) is 0 Å². The highest BCUT2D eigenvalue weighted by atomic mass is 79.9. The van der Waals surface area contributed by atoms with E-state index in [1.54, 1.807) is 18.2 Å². The van der Waals surface area contributed by atoms with Crippen LogP contribution in [-0.2, 0) is 4.74 Å². The van der Waals surface area contributed by atoms with E-state index >= 15 is 0 Å². The molecule has 0 atom stereocenters. The molecule has 15 heavy (non-hydrogen) atoms. The van der Waals surface area contributed by atoms with Crippen LogP contribution in [-0.4, -0.2) is 19.3 Å². The Morgan fingerprint density at radius 1 is 1.53 bits per heavy atom. The van der Waals surface area contributed by atoms with E-state index in [0.29, 0.717) is 15.7 Å². The van der Waals surface area contributed by atoms with Crippen molar-refractivity contribution >= 4 is 27.6 Å². The van der Waals surface area contributed by atoms with Crippen LogP contribution >= 0.6 is 15.9 Å². The minimum absolute atomic E-state index is 0.0799. The van der Waals surface area contributed by atoms with E-state index in [-0.39, 0.29) is 13.0 Å². The van der Waals surface area contributed by atoms with E-state index < -0.39 is 12.6 Å². The largest absolute Gasteiger partial charge is 0.462 e. The van der Waals surface area contributed by atoms with Gasteiger partial charge in [0, 0.05) is 12.1 Å². The second-order valence-corrected chi connectivity index (χ2v) is 3.68. The van der Waals surface area contributed by atoms with E-state index in [0.717, 1.165) is 0 Å². The Kier molecular flexibility index (Phi) is 4.55. The van der Waals surface area contributed by atoms with Crippen LogP contribution in [0.15, 0.2) is 22.7 Å². The fourth-order valence-electron chi connectivity index (χ4n) is 1.00. The molecule has 5 heteroatoms. The SMILES string of the molecule is Nc1cccc(C(=O)OCCCF)c1Br. The molecule has 0 saturated carbocycles.